The minimum absolute atomic E-state index is 0.543. The van der Waals surface area contributed by atoms with Crippen molar-refractivity contribution >= 4 is 11.8 Å². The molecule has 16 heavy (non-hydrogen) atoms. The van der Waals surface area contributed by atoms with E-state index in [2.05, 4.69) is 45.2 Å². The van der Waals surface area contributed by atoms with Crippen LogP contribution in [0.5, 0.6) is 0 Å². The van der Waals surface area contributed by atoms with Crippen molar-refractivity contribution in [1.29, 1.82) is 5.26 Å². The van der Waals surface area contributed by atoms with Crippen LogP contribution in [0.1, 0.15) is 41.5 Å². The molecule has 0 fully saturated rings. The zero-order valence-corrected chi connectivity index (χ0v) is 11.3. The molecular weight excluding hydrogens is 214 g/mol. The monoisotopic (exact) mass is 233 g/mol. The zero-order valence-electron chi connectivity index (χ0n) is 10.5. The molecule has 0 aromatic heterocycles. The summed E-state index contributed by atoms with van der Waals surface area (Å²) < 4.78 is 0. The lowest BCUT2D eigenvalue weighted by Gasteiger charge is -2.17. The molecule has 0 radical (unpaired) electrons. The molecule has 0 heterocycles. The molecule has 1 aromatic rings. The van der Waals surface area contributed by atoms with Crippen LogP contribution < -0.4 is 0 Å². The molecule has 2 heteroatoms. The Balaban J connectivity index is 2.83. The van der Waals surface area contributed by atoms with Crippen LogP contribution in [-0.4, -0.2) is 5.75 Å². The molecule has 0 aliphatic heterocycles. The van der Waals surface area contributed by atoms with Crippen molar-refractivity contribution in [2.24, 2.45) is 0 Å². The maximum absolute atomic E-state index is 8.51. The highest BCUT2D eigenvalue weighted by Crippen LogP contribution is 2.28. The summed E-state index contributed by atoms with van der Waals surface area (Å²) in [6, 6.07) is 4.49. The number of aryl methyl sites for hydroxylation is 3. The van der Waals surface area contributed by atoms with Crippen molar-refractivity contribution < 1.29 is 0 Å². The quantitative estimate of drug-likeness (QED) is 0.571. The molecule has 0 aliphatic carbocycles. The topological polar surface area (TPSA) is 23.8 Å². The Hall–Kier alpha value is -0.940. The molecule has 0 bridgehead atoms. The van der Waals surface area contributed by atoms with Gasteiger partial charge >= 0.3 is 0 Å². The van der Waals surface area contributed by atoms with E-state index < -0.39 is 0 Å². The van der Waals surface area contributed by atoms with Crippen LogP contribution in [-0.2, 0) is 0 Å². The molecule has 0 saturated heterocycles. The van der Waals surface area contributed by atoms with Gasteiger partial charge in [-0.2, -0.15) is 5.26 Å². The number of hydrogen-bond acceptors (Lipinski definition) is 2. The first-order valence-corrected chi connectivity index (χ1v) is 6.63. The first-order chi connectivity index (χ1) is 7.56. The summed E-state index contributed by atoms with van der Waals surface area (Å²) in [5.41, 5.74) is 5.56. The van der Waals surface area contributed by atoms with Crippen molar-refractivity contribution in [3.8, 4) is 5.40 Å². The van der Waals surface area contributed by atoms with Crippen molar-refractivity contribution in [3.05, 3.63) is 34.4 Å². The van der Waals surface area contributed by atoms with Crippen LogP contribution in [0.2, 0.25) is 0 Å². The molecule has 0 amide bonds. The lowest BCUT2D eigenvalue weighted by Crippen LogP contribution is -2.01. The average Bonchev–Trinajstić information content (AvgIpc) is 2.16. The third-order valence-corrected chi connectivity index (χ3v) is 3.52. The summed E-state index contributed by atoms with van der Waals surface area (Å²) in [4.78, 5) is 0. The van der Waals surface area contributed by atoms with Crippen LogP contribution in [0.3, 0.4) is 0 Å². The Morgan fingerprint density at radius 1 is 1.25 bits per heavy atom. The molecule has 0 saturated carbocycles. The van der Waals surface area contributed by atoms with Crippen LogP contribution in [0.15, 0.2) is 12.1 Å². The first-order valence-electron chi connectivity index (χ1n) is 5.65. The summed E-state index contributed by atoms with van der Waals surface area (Å²) in [5, 5.41) is 10.6. The Kier molecular flexibility index (Phi) is 4.89. The van der Waals surface area contributed by atoms with Gasteiger partial charge in [-0.25, -0.2) is 0 Å². The number of nitriles is 1. The number of nitrogens with zero attached hydrogens (tertiary/aromatic N) is 1. The highest BCUT2D eigenvalue weighted by Gasteiger charge is 2.11. The normalized spacial score (nSPS) is 12.2. The summed E-state index contributed by atoms with van der Waals surface area (Å²) in [6.07, 6.45) is 1.07. The fraction of sp³-hybridized carbons (Fsp3) is 0.500. The first kappa shape index (κ1) is 13.1. The van der Waals surface area contributed by atoms with Gasteiger partial charge in [-0.15, -0.1) is 0 Å². The largest absolute Gasteiger partial charge is 0.185 e. The van der Waals surface area contributed by atoms with Gasteiger partial charge in [0.25, 0.3) is 0 Å². The van der Waals surface area contributed by atoms with Gasteiger partial charge in [0, 0.05) is 5.75 Å². The molecule has 1 unspecified atom stereocenters. The smallest absolute Gasteiger partial charge is 0.133 e. The van der Waals surface area contributed by atoms with Crippen molar-refractivity contribution in [3.63, 3.8) is 0 Å². The fourth-order valence-electron chi connectivity index (χ4n) is 2.39. The Bertz CT molecular complexity index is 381. The van der Waals surface area contributed by atoms with E-state index in [1.54, 1.807) is 0 Å². The van der Waals surface area contributed by atoms with Crippen LogP contribution in [0.25, 0.3) is 0 Å². The van der Waals surface area contributed by atoms with E-state index in [1.807, 2.05) is 0 Å². The van der Waals surface area contributed by atoms with Gasteiger partial charge < -0.3 is 0 Å². The van der Waals surface area contributed by atoms with Crippen LogP contribution in [0, 0.1) is 31.4 Å². The molecule has 86 valence electrons. The maximum Gasteiger partial charge on any atom is 0.133 e. The number of rotatable bonds is 4. The fourth-order valence-corrected chi connectivity index (χ4v) is 2.96. The SMILES string of the molecule is Cc1cc(C)c(C(C)CCSC#N)c(C)c1. The molecule has 1 nitrogen and oxygen atoms in total. The van der Waals surface area contributed by atoms with Gasteiger partial charge in [0.1, 0.15) is 5.40 Å². The average molecular weight is 233 g/mol. The van der Waals surface area contributed by atoms with Gasteiger partial charge in [-0.3, -0.25) is 0 Å². The third-order valence-electron chi connectivity index (χ3n) is 2.95. The van der Waals surface area contributed by atoms with Gasteiger partial charge in [0.15, 0.2) is 0 Å². The lowest BCUT2D eigenvalue weighted by molar-refractivity contribution is 0.730. The van der Waals surface area contributed by atoms with Gasteiger partial charge in [-0.05, 0) is 61.6 Å². The van der Waals surface area contributed by atoms with E-state index in [1.165, 1.54) is 34.0 Å². The second-order valence-corrected chi connectivity index (χ2v) is 5.32. The van der Waals surface area contributed by atoms with Gasteiger partial charge in [0.05, 0.1) is 0 Å². The van der Waals surface area contributed by atoms with Crippen molar-refractivity contribution in [2.75, 3.05) is 5.75 Å². The van der Waals surface area contributed by atoms with E-state index in [0.717, 1.165) is 12.2 Å². The molecule has 0 aliphatic rings. The molecular formula is C14H19NS. The Labute approximate surface area is 103 Å². The number of thiocyanates is 1. The van der Waals surface area contributed by atoms with E-state index in [0.29, 0.717) is 5.92 Å². The lowest BCUT2D eigenvalue weighted by atomic mass is 9.89. The minimum atomic E-state index is 0.543. The summed E-state index contributed by atoms with van der Waals surface area (Å²) >= 11 is 1.35. The van der Waals surface area contributed by atoms with Gasteiger partial charge in [0.2, 0.25) is 0 Å². The predicted molar refractivity (Wildman–Crippen MR) is 71.8 cm³/mol. The molecule has 1 rings (SSSR count). The van der Waals surface area contributed by atoms with E-state index in [9.17, 15) is 0 Å². The molecule has 1 atom stereocenters. The summed E-state index contributed by atoms with van der Waals surface area (Å²) in [7, 11) is 0. The number of benzene rings is 1. The Morgan fingerprint density at radius 2 is 1.81 bits per heavy atom. The minimum Gasteiger partial charge on any atom is -0.185 e. The Morgan fingerprint density at radius 3 is 2.31 bits per heavy atom. The third kappa shape index (κ3) is 3.28. The second-order valence-electron chi connectivity index (χ2n) is 4.44. The molecule has 1 aromatic carbocycles. The second kappa shape index (κ2) is 5.96. The summed E-state index contributed by atoms with van der Waals surface area (Å²) in [5.74, 6) is 1.46. The highest BCUT2D eigenvalue weighted by atomic mass is 32.2. The molecule has 0 spiro atoms. The van der Waals surface area contributed by atoms with Crippen LogP contribution >= 0.6 is 11.8 Å². The van der Waals surface area contributed by atoms with Crippen molar-refractivity contribution in [2.45, 2.75) is 40.0 Å². The highest BCUT2D eigenvalue weighted by molar-refractivity contribution is 8.03. The standard InChI is InChI=1S/C14H19NS/c1-10-7-12(3)14(13(4)8-10)11(2)5-6-16-9-15/h7-8,11H,5-6H2,1-4H3. The van der Waals surface area contributed by atoms with E-state index in [4.69, 9.17) is 5.26 Å². The predicted octanol–water partition coefficient (Wildman–Crippen LogP) is 4.32. The summed E-state index contributed by atoms with van der Waals surface area (Å²) in [6.45, 7) is 8.76. The van der Waals surface area contributed by atoms with Crippen LogP contribution in [0.4, 0.5) is 0 Å². The van der Waals surface area contributed by atoms with E-state index in [-0.39, 0.29) is 0 Å². The maximum atomic E-state index is 8.51. The molecule has 0 N–H and O–H groups in total. The number of thioether (sulfide) groups is 1. The van der Waals surface area contributed by atoms with E-state index >= 15 is 0 Å². The zero-order chi connectivity index (χ0) is 12.1. The number of hydrogen-bond donors (Lipinski definition) is 0. The van der Waals surface area contributed by atoms with Crippen molar-refractivity contribution in [1.82, 2.24) is 0 Å². The van der Waals surface area contributed by atoms with Gasteiger partial charge in [-0.1, -0.05) is 24.6 Å².